The molecule has 2 aromatic rings. The number of para-hydroxylation sites is 1. The number of rotatable bonds is 8. The van der Waals surface area contributed by atoms with E-state index in [1.165, 1.54) is 5.01 Å². The third-order valence-electron chi connectivity index (χ3n) is 4.88. The molecule has 7 nitrogen and oxygen atoms in total. The van der Waals surface area contributed by atoms with E-state index in [1.807, 2.05) is 61.5 Å². The molecule has 0 aliphatic carbocycles. The fraction of sp³-hybridized carbons (Fsp3) is 0.304. The molecule has 1 aliphatic heterocycles. The maximum Gasteiger partial charge on any atom is 0.243 e. The normalized spacial score (nSPS) is 13.0. The fourth-order valence-electron chi connectivity index (χ4n) is 3.23. The van der Waals surface area contributed by atoms with Crippen molar-refractivity contribution in [1.29, 1.82) is 0 Å². The van der Waals surface area contributed by atoms with Gasteiger partial charge in [-0.25, -0.2) is 5.01 Å². The van der Waals surface area contributed by atoms with Gasteiger partial charge in [-0.05, 0) is 23.6 Å². The van der Waals surface area contributed by atoms with Crippen LogP contribution in [0.3, 0.4) is 0 Å². The highest BCUT2D eigenvalue weighted by Gasteiger charge is 2.22. The lowest BCUT2D eigenvalue weighted by Gasteiger charge is -2.12. The van der Waals surface area contributed by atoms with Crippen LogP contribution in [0, 0.1) is 0 Å². The highest BCUT2D eigenvalue weighted by molar-refractivity contribution is 6.02. The first kappa shape index (κ1) is 21.2. The molecule has 3 rings (SSSR count). The van der Waals surface area contributed by atoms with E-state index < -0.39 is 0 Å². The van der Waals surface area contributed by atoms with Crippen molar-refractivity contribution in [3.8, 4) is 0 Å². The van der Waals surface area contributed by atoms with Gasteiger partial charge in [-0.1, -0.05) is 55.5 Å². The minimum atomic E-state index is -0.339. The summed E-state index contributed by atoms with van der Waals surface area (Å²) in [6.07, 6.45) is 1.57. The minimum Gasteiger partial charge on any atom is -0.347 e. The van der Waals surface area contributed by atoms with Gasteiger partial charge in [-0.3, -0.25) is 14.4 Å². The minimum absolute atomic E-state index is 0.0182. The SMILES string of the molecule is CCc1ccccc1NC(=O)CNC(=O)CCC(=O)N1CCC(c2ccccc2)=N1. The molecule has 0 saturated carbocycles. The lowest BCUT2D eigenvalue weighted by molar-refractivity contribution is -0.133. The Morgan fingerprint density at radius 2 is 1.70 bits per heavy atom. The highest BCUT2D eigenvalue weighted by Crippen LogP contribution is 2.16. The van der Waals surface area contributed by atoms with Gasteiger partial charge in [-0.15, -0.1) is 0 Å². The van der Waals surface area contributed by atoms with E-state index in [4.69, 9.17) is 0 Å². The van der Waals surface area contributed by atoms with Crippen LogP contribution in [0.15, 0.2) is 59.7 Å². The third kappa shape index (κ3) is 5.76. The average molecular weight is 406 g/mol. The first-order valence-electron chi connectivity index (χ1n) is 10.1. The quantitative estimate of drug-likeness (QED) is 0.706. The third-order valence-corrected chi connectivity index (χ3v) is 4.88. The zero-order chi connectivity index (χ0) is 21.3. The van der Waals surface area contributed by atoms with Gasteiger partial charge in [0.15, 0.2) is 0 Å². The second-order valence-electron chi connectivity index (χ2n) is 7.02. The van der Waals surface area contributed by atoms with Crippen molar-refractivity contribution in [2.75, 3.05) is 18.4 Å². The maximum absolute atomic E-state index is 12.3. The van der Waals surface area contributed by atoms with E-state index in [0.29, 0.717) is 13.0 Å². The lowest BCUT2D eigenvalue weighted by Crippen LogP contribution is -2.34. The maximum atomic E-state index is 12.3. The molecule has 0 atom stereocenters. The van der Waals surface area contributed by atoms with Crippen molar-refractivity contribution in [2.24, 2.45) is 5.10 Å². The fourth-order valence-corrected chi connectivity index (χ4v) is 3.23. The molecule has 0 bridgehead atoms. The van der Waals surface area contributed by atoms with Gasteiger partial charge >= 0.3 is 0 Å². The summed E-state index contributed by atoms with van der Waals surface area (Å²) >= 11 is 0. The number of amides is 3. The number of nitrogens with zero attached hydrogens (tertiary/aromatic N) is 2. The van der Waals surface area contributed by atoms with Crippen molar-refractivity contribution in [3.05, 3.63) is 65.7 Å². The molecule has 2 aromatic carbocycles. The van der Waals surface area contributed by atoms with Crippen LogP contribution < -0.4 is 10.6 Å². The van der Waals surface area contributed by atoms with Crippen LogP contribution in [0.25, 0.3) is 0 Å². The Morgan fingerprint density at radius 1 is 0.967 bits per heavy atom. The van der Waals surface area contributed by atoms with E-state index in [1.54, 1.807) is 0 Å². The Hall–Kier alpha value is -3.48. The number of carbonyl (C=O) groups excluding carboxylic acids is 3. The van der Waals surface area contributed by atoms with Crippen molar-refractivity contribution in [1.82, 2.24) is 10.3 Å². The molecule has 0 spiro atoms. The molecule has 0 saturated heterocycles. The highest BCUT2D eigenvalue weighted by atomic mass is 16.2. The molecule has 1 aliphatic rings. The molecule has 30 heavy (non-hydrogen) atoms. The first-order valence-corrected chi connectivity index (χ1v) is 10.1. The molecular formula is C23H26N4O3. The lowest BCUT2D eigenvalue weighted by atomic mass is 10.1. The van der Waals surface area contributed by atoms with Gasteiger partial charge < -0.3 is 10.6 Å². The van der Waals surface area contributed by atoms with Crippen LogP contribution in [0.5, 0.6) is 0 Å². The second kappa shape index (κ2) is 10.3. The summed E-state index contributed by atoms with van der Waals surface area (Å²) in [5.74, 6) is -0.835. The predicted octanol–water partition coefficient (Wildman–Crippen LogP) is 2.72. The Balaban J connectivity index is 1.41. The smallest absolute Gasteiger partial charge is 0.243 e. The van der Waals surface area contributed by atoms with E-state index in [9.17, 15) is 14.4 Å². The van der Waals surface area contributed by atoms with Crippen LogP contribution >= 0.6 is 0 Å². The summed E-state index contributed by atoms with van der Waals surface area (Å²) in [5.41, 5.74) is 3.65. The second-order valence-corrected chi connectivity index (χ2v) is 7.02. The summed E-state index contributed by atoms with van der Waals surface area (Å²) in [6.45, 7) is 2.39. The summed E-state index contributed by atoms with van der Waals surface area (Å²) in [5, 5.41) is 11.2. The number of hydrogen-bond donors (Lipinski definition) is 2. The summed E-state index contributed by atoms with van der Waals surface area (Å²) < 4.78 is 0. The molecule has 1 heterocycles. The molecule has 2 N–H and O–H groups in total. The topological polar surface area (TPSA) is 90.9 Å². The van der Waals surface area contributed by atoms with Crippen LogP contribution in [0.2, 0.25) is 0 Å². The Kier molecular flexibility index (Phi) is 7.32. The predicted molar refractivity (Wildman–Crippen MR) is 116 cm³/mol. The van der Waals surface area contributed by atoms with Crippen molar-refractivity contribution >= 4 is 29.1 Å². The summed E-state index contributed by atoms with van der Waals surface area (Å²) in [4.78, 5) is 36.5. The van der Waals surface area contributed by atoms with Gasteiger partial charge in [0, 0.05) is 24.9 Å². The largest absolute Gasteiger partial charge is 0.347 e. The number of carbonyl (C=O) groups is 3. The standard InChI is InChI=1S/C23H26N4O3/c1-2-17-8-6-7-11-19(17)25-22(29)16-24-21(28)12-13-23(30)27-15-14-20(26-27)18-9-4-3-5-10-18/h3-11H,2,12-16H2,1H3,(H,24,28)(H,25,29). The van der Waals surface area contributed by atoms with E-state index >= 15 is 0 Å². The van der Waals surface area contributed by atoms with Gasteiger partial charge in [0.2, 0.25) is 17.7 Å². The molecular weight excluding hydrogens is 380 g/mol. The van der Waals surface area contributed by atoms with Crippen LogP contribution in [0.1, 0.15) is 37.3 Å². The number of benzene rings is 2. The Morgan fingerprint density at radius 3 is 2.47 bits per heavy atom. The Bertz CT molecular complexity index is 940. The number of aryl methyl sites for hydroxylation is 1. The van der Waals surface area contributed by atoms with E-state index in [0.717, 1.165) is 28.9 Å². The molecule has 0 fully saturated rings. The Labute approximate surface area is 176 Å². The summed E-state index contributed by atoms with van der Waals surface area (Å²) in [6, 6.07) is 17.3. The van der Waals surface area contributed by atoms with Gasteiger partial charge in [0.1, 0.15) is 0 Å². The molecule has 0 aromatic heterocycles. The van der Waals surface area contributed by atoms with Crippen molar-refractivity contribution < 1.29 is 14.4 Å². The van der Waals surface area contributed by atoms with Crippen LogP contribution in [0.4, 0.5) is 5.69 Å². The van der Waals surface area contributed by atoms with Crippen molar-refractivity contribution in [2.45, 2.75) is 32.6 Å². The number of hydrazone groups is 1. The van der Waals surface area contributed by atoms with Crippen LogP contribution in [-0.2, 0) is 20.8 Å². The molecule has 3 amide bonds. The number of nitrogens with one attached hydrogen (secondary N) is 2. The molecule has 156 valence electrons. The summed E-state index contributed by atoms with van der Waals surface area (Å²) in [7, 11) is 0. The molecule has 7 heteroatoms. The van der Waals surface area contributed by atoms with Gasteiger partial charge in [-0.2, -0.15) is 5.10 Å². The average Bonchev–Trinajstić information content (AvgIpc) is 3.27. The molecule has 0 radical (unpaired) electrons. The number of hydrogen-bond acceptors (Lipinski definition) is 4. The first-order chi connectivity index (χ1) is 14.6. The van der Waals surface area contributed by atoms with Gasteiger partial charge in [0.05, 0.1) is 18.8 Å². The van der Waals surface area contributed by atoms with Gasteiger partial charge in [0.25, 0.3) is 0 Å². The number of anilines is 1. The molecule has 0 unspecified atom stereocenters. The van der Waals surface area contributed by atoms with E-state index in [-0.39, 0.29) is 37.1 Å². The van der Waals surface area contributed by atoms with Crippen LogP contribution in [-0.4, -0.2) is 41.5 Å². The zero-order valence-electron chi connectivity index (χ0n) is 17.1. The zero-order valence-corrected chi connectivity index (χ0v) is 17.1. The monoisotopic (exact) mass is 406 g/mol. The van der Waals surface area contributed by atoms with Crippen molar-refractivity contribution in [3.63, 3.8) is 0 Å². The van der Waals surface area contributed by atoms with E-state index in [2.05, 4.69) is 15.7 Å².